The van der Waals surface area contributed by atoms with Crippen molar-refractivity contribution in [3.8, 4) is 0 Å². The molecule has 2 unspecified atom stereocenters. The molecule has 110 valence electrons. The fourth-order valence-electron chi connectivity index (χ4n) is 2.48. The van der Waals surface area contributed by atoms with E-state index in [2.05, 4.69) is 4.72 Å². The van der Waals surface area contributed by atoms with Gasteiger partial charge in [0.2, 0.25) is 10.0 Å². The largest absolute Gasteiger partial charge is 0.399 e. The van der Waals surface area contributed by atoms with Crippen LogP contribution in [-0.2, 0) is 10.0 Å². The third-order valence-corrected chi connectivity index (χ3v) is 5.16. The molecule has 2 atom stereocenters. The van der Waals surface area contributed by atoms with E-state index in [9.17, 15) is 18.5 Å². The first kappa shape index (κ1) is 14.7. The van der Waals surface area contributed by atoms with Gasteiger partial charge in [-0.3, -0.25) is 10.1 Å². The highest BCUT2D eigenvalue weighted by atomic mass is 32.2. The van der Waals surface area contributed by atoms with Crippen LogP contribution in [0.5, 0.6) is 0 Å². The predicted molar refractivity (Wildman–Crippen MR) is 74.6 cm³/mol. The van der Waals surface area contributed by atoms with Gasteiger partial charge in [0.25, 0.3) is 5.69 Å². The Morgan fingerprint density at radius 1 is 1.40 bits per heavy atom. The molecule has 8 heteroatoms. The summed E-state index contributed by atoms with van der Waals surface area (Å²) in [4.78, 5) is 9.86. The molecule has 0 amide bonds. The van der Waals surface area contributed by atoms with Crippen LogP contribution in [0.4, 0.5) is 11.4 Å². The van der Waals surface area contributed by atoms with Gasteiger partial charge in [0, 0.05) is 17.8 Å². The van der Waals surface area contributed by atoms with Crippen molar-refractivity contribution in [3.05, 3.63) is 28.3 Å². The lowest BCUT2D eigenvalue weighted by molar-refractivity contribution is -0.387. The van der Waals surface area contributed by atoms with E-state index in [1.165, 1.54) is 6.07 Å². The molecule has 3 N–H and O–H groups in total. The van der Waals surface area contributed by atoms with Crippen molar-refractivity contribution in [2.24, 2.45) is 5.92 Å². The van der Waals surface area contributed by atoms with Gasteiger partial charge in [0.1, 0.15) is 0 Å². The van der Waals surface area contributed by atoms with Crippen molar-refractivity contribution in [1.29, 1.82) is 0 Å². The van der Waals surface area contributed by atoms with Crippen LogP contribution in [0.15, 0.2) is 23.1 Å². The lowest BCUT2D eigenvalue weighted by Gasteiger charge is -2.17. The van der Waals surface area contributed by atoms with Gasteiger partial charge >= 0.3 is 0 Å². The smallest absolute Gasteiger partial charge is 0.289 e. The number of nitro groups is 1. The normalized spacial score (nSPS) is 22.9. The molecule has 0 aromatic heterocycles. The number of nitrogens with one attached hydrogen (secondary N) is 1. The monoisotopic (exact) mass is 299 g/mol. The average molecular weight is 299 g/mol. The summed E-state index contributed by atoms with van der Waals surface area (Å²) in [5.41, 5.74) is 5.26. The second-order valence-electron chi connectivity index (χ2n) is 5.12. The molecule has 2 rings (SSSR count). The zero-order valence-corrected chi connectivity index (χ0v) is 11.9. The maximum absolute atomic E-state index is 12.3. The Morgan fingerprint density at radius 2 is 2.10 bits per heavy atom. The van der Waals surface area contributed by atoms with Gasteiger partial charge in [0.15, 0.2) is 4.90 Å². The summed E-state index contributed by atoms with van der Waals surface area (Å²) in [5.74, 6) is 0.227. The van der Waals surface area contributed by atoms with E-state index in [0.29, 0.717) is 0 Å². The van der Waals surface area contributed by atoms with Crippen molar-refractivity contribution in [1.82, 2.24) is 4.72 Å². The number of anilines is 1. The first-order valence-corrected chi connectivity index (χ1v) is 7.86. The number of hydrogen-bond donors (Lipinski definition) is 2. The minimum atomic E-state index is -3.95. The molecule has 0 radical (unpaired) electrons. The topological polar surface area (TPSA) is 115 Å². The SMILES string of the molecule is CC1CCCC1NS(=O)(=O)c1cc(N)ccc1[N+](=O)[O-]. The Labute approximate surface area is 117 Å². The predicted octanol–water partition coefficient (Wildman–Crippen LogP) is 1.64. The Morgan fingerprint density at radius 3 is 2.65 bits per heavy atom. The second kappa shape index (κ2) is 5.37. The third-order valence-electron chi connectivity index (χ3n) is 3.64. The molecule has 7 nitrogen and oxygen atoms in total. The van der Waals surface area contributed by atoms with Crippen molar-refractivity contribution in [2.45, 2.75) is 37.1 Å². The Bertz CT molecular complexity index is 630. The van der Waals surface area contributed by atoms with E-state index in [0.717, 1.165) is 31.4 Å². The molecule has 1 aromatic rings. The molecule has 0 saturated heterocycles. The number of nitrogens with zero attached hydrogens (tertiary/aromatic N) is 1. The van der Waals surface area contributed by atoms with E-state index in [-0.39, 0.29) is 22.5 Å². The minimum Gasteiger partial charge on any atom is -0.399 e. The molecule has 0 heterocycles. The van der Waals surface area contributed by atoms with Crippen LogP contribution in [0.2, 0.25) is 0 Å². The van der Waals surface area contributed by atoms with E-state index in [1.54, 1.807) is 0 Å². The summed E-state index contributed by atoms with van der Waals surface area (Å²) in [6.45, 7) is 1.97. The number of nitro benzene ring substituents is 1. The Hall–Kier alpha value is -1.67. The van der Waals surface area contributed by atoms with Crippen LogP contribution in [0.1, 0.15) is 26.2 Å². The van der Waals surface area contributed by atoms with Crippen molar-refractivity contribution < 1.29 is 13.3 Å². The van der Waals surface area contributed by atoms with E-state index < -0.39 is 20.6 Å². The van der Waals surface area contributed by atoms with Gasteiger partial charge < -0.3 is 5.73 Å². The summed E-state index contributed by atoms with van der Waals surface area (Å²) >= 11 is 0. The lowest BCUT2D eigenvalue weighted by atomic mass is 10.1. The minimum absolute atomic E-state index is 0.176. The molecule has 1 aliphatic rings. The maximum Gasteiger partial charge on any atom is 0.289 e. The van der Waals surface area contributed by atoms with E-state index in [1.807, 2.05) is 6.92 Å². The summed E-state index contributed by atoms with van der Waals surface area (Å²) in [6.07, 6.45) is 2.65. The number of nitrogen functional groups attached to an aromatic ring is 1. The molecular formula is C12H17N3O4S. The van der Waals surface area contributed by atoms with Crippen LogP contribution < -0.4 is 10.5 Å². The van der Waals surface area contributed by atoms with Gasteiger partial charge in [-0.15, -0.1) is 0 Å². The number of sulfonamides is 1. The summed E-state index contributed by atoms with van der Waals surface area (Å²) < 4.78 is 27.2. The zero-order chi connectivity index (χ0) is 14.9. The molecule has 20 heavy (non-hydrogen) atoms. The maximum atomic E-state index is 12.3. The number of hydrogen-bond acceptors (Lipinski definition) is 5. The highest BCUT2D eigenvalue weighted by Crippen LogP contribution is 2.29. The van der Waals surface area contributed by atoms with Crippen LogP contribution in [0.25, 0.3) is 0 Å². The molecule has 1 saturated carbocycles. The highest BCUT2D eigenvalue weighted by molar-refractivity contribution is 7.89. The number of benzene rings is 1. The van der Waals surface area contributed by atoms with Gasteiger partial charge in [-0.1, -0.05) is 13.3 Å². The Balaban J connectivity index is 2.38. The first-order chi connectivity index (χ1) is 9.31. The van der Waals surface area contributed by atoms with Gasteiger partial charge in [0.05, 0.1) is 4.92 Å². The van der Waals surface area contributed by atoms with Gasteiger partial charge in [-0.25, -0.2) is 13.1 Å². The zero-order valence-electron chi connectivity index (χ0n) is 11.1. The first-order valence-electron chi connectivity index (χ1n) is 6.37. The Kier molecular flexibility index (Phi) is 3.96. The quantitative estimate of drug-likeness (QED) is 0.498. The fourth-order valence-corrected chi connectivity index (χ4v) is 4.06. The summed E-state index contributed by atoms with van der Waals surface area (Å²) in [7, 11) is -3.95. The summed E-state index contributed by atoms with van der Waals surface area (Å²) in [6, 6.07) is 3.37. The molecule has 0 aliphatic heterocycles. The second-order valence-corrected chi connectivity index (χ2v) is 6.80. The highest BCUT2D eigenvalue weighted by Gasteiger charge is 2.32. The third kappa shape index (κ3) is 2.91. The van der Waals surface area contributed by atoms with Crippen LogP contribution in [-0.4, -0.2) is 19.4 Å². The lowest BCUT2D eigenvalue weighted by Crippen LogP contribution is -2.36. The summed E-state index contributed by atoms with van der Waals surface area (Å²) in [5, 5.41) is 11.0. The molecule has 1 fully saturated rings. The van der Waals surface area contributed by atoms with E-state index >= 15 is 0 Å². The van der Waals surface area contributed by atoms with Crippen molar-refractivity contribution in [2.75, 3.05) is 5.73 Å². The number of nitrogens with two attached hydrogens (primary N) is 1. The van der Waals surface area contributed by atoms with Crippen molar-refractivity contribution in [3.63, 3.8) is 0 Å². The van der Waals surface area contributed by atoms with E-state index in [4.69, 9.17) is 5.73 Å². The van der Waals surface area contributed by atoms with Gasteiger partial charge in [-0.2, -0.15) is 0 Å². The fraction of sp³-hybridized carbons (Fsp3) is 0.500. The molecular weight excluding hydrogens is 282 g/mol. The molecule has 1 aromatic carbocycles. The molecule has 0 bridgehead atoms. The standard InChI is InChI=1S/C12H17N3O4S/c1-8-3-2-4-10(8)14-20(18,19)12-7-9(13)5-6-11(12)15(16)17/h5-8,10,14H,2-4,13H2,1H3. The average Bonchev–Trinajstić information content (AvgIpc) is 2.74. The van der Waals surface area contributed by atoms with Crippen molar-refractivity contribution >= 4 is 21.4 Å². The van der Waals surface area contributed by atoms with Crippen LogP contribution in [0, 0.1) is 16.0 Å². The van der Waals surface area contributed by atoms with Gasteiger partial charge in [-0.05, 0) is 30.9 Å². The number of rotatable bonds is 4. The molecule has 0 spiro atoms. The molecule has 1 aliphatic carbocycles. The van der Waals surface area contributed by atoms with Crippen LogP contribution >= 0.6 is 0 Å². The van der Waals surface area contributed by atoms with Crippen LogP contribution in [0.3, 0.4) is 0 Å².